The number of rotatable bonds is 2. The van der Waals surface area contributed by atoms with Gasteiger partial charge < -0.3 is 0 Å². The molecule has 0 saturated heterocycles. The Labute approximate surface area is 106 Å². The summed E-state index contributed by atoms with van der Waals surface area (Å²) in [6, 6.07) is 14.2. The van der Waals surface area contributed by atoms with Crippen LogP contribution in [0.2, 0.25) is 0 Å². The number of para-hydroxylation sites is 2. The summed E-state index contributed by atoms with van der Waals surface area (Å²) in [5.41, 5.74) is 4.96. The summed E-state index contributed by atoms with van der Waals surface area (Å²) in [6.45, 7) is 2.13. The number of benzene rings is 2. The minimum absolute atomic E-state index is 0.946. The summed E-state index contributed by atoms with van der Waals surface area (Å²) in [5, 5.41) is 0. The highest BCUT2D eigenvalue weighted by molar-refractivity contribution is 5.87. The van der Waals surface area contributed by atoms with Crippen LogP contribution in [0, 0.1) is 0 Å². The van der Waals surface area contributed by atoms with Crippen molar-refractivity contribution in [3.63, 3.8) is 0 Å². The van der Waals surface area contributed by atoms with Crippen molar-refractivity contribution < 1.29 is 0 Å². The highest BCUT2D eigenvalue weighted by atomic mass is 14.8. The number of allylic oxidation sites excluding steroid dienone is 1. The van der Waals surface area contributed by atoms with E-state index in [4.69, 9.17) is 0 Å². The van der Waals surface area contributed by atoms with E-state index in [-0.39, 0.29) is 0 Å². The van der Waals surface area contributed by atoms with Gasteiger partial charge in [0.15, 0.2) is 0 Å². The first-order valence-electron chi connectivity index (χ1n) is 6.20. The molecule has 0 aliphatic rings. The molecule has 0 aliphatic heterocycles. The standard InChI is InChI=1S/C16H14N2/c1-2-3-6-12-9-10-15-16(11-12)18-14-8-5-4-7-13(14)17-15/h3-11H,2H2,1H3/b6-3+. The average Bonchev–Trinajstić information content (AvgIpc) is 2.42. The second-order valence-corrected chi connectivity index (χ2v) is 4.27. The molecular formula is C16H14N2. The minimum Gasteiger partial charge on any atom is -0.245 e. The fourth-order valence-corrected chi connectivity index (χ4v) is 1.99. The summed E-state index contributed by atoms with van der Waals surface area (Å²) in [7, 11) is 0. The Morgan fingerprint density at radius 2 is 1.56 bits per heavy atom. The summed E-state index contributed by atoms with van der Waals surface area (Å²) in [4.78, 5) is 9.26. The Morgan fingerprint density at radius 1 is 0.889 bits per heavy atom. The van der Waals surface area contributed by atoms with Crippen LogP contribution < -0.4 is 0 Å². The fraction of sp³-hybridized carbons (Fsp3) is 0.125. The quantitative estimate of drug-likeness (QED) is 0.621. The van der Waals surface area contributed by atoms with Crippen molar-refractivity contribution in [1.29, 1.82) is 0 Å². The molecule has 3 aromatic rings. The molecule has 0 fully saturated rings. The number of fused-ring (bicyclic) bond motifs is 2. The van der Waals surface area contributed by atoms with Crippen molar-refractivity contribution in [1.82, 2.24) is 9.97 Å². The SMILES string of the molecule is CC/C=C/c1ccc2nc3ccccc3nc2c1. The summed E-state index contributed by atoms with van der Waals surface area (Å²) >= 11 is 0. The van der Waals surface area contributed by atoms with Crippen LogP contribution in [-0.2, 0) is 0 Å². The maximum Gasteiger partial charge on any atom is 0.0900 e. The second kappa shape index (κ2) is 4.57. The van der Waals surface area contributed by atoms with Crippen LogP contribution in [0.3, 0.4) is 0 Å². The van der Waals surface area contributed by atoms with Gasteiger partial charge in [-0.2, -0.15) is 0 Å². The first-order valence-corrected chi connectivity index (χ1v) is 6.20. The van der Waals surface area contributed by atoms with E-state index in [1.807, 2.05) is 30.3 Å². The molecular weight excluding hydrogens is 220 g/mol. The Balaban J connectivity index is 2.21. The van der Waals surface area contributed by atoms with Crippen molar-refractivity contribution in [3.8, 4) is 0 Å². The predicted octanol–water partition coefficient (Wildman–Crippen LogP) is 4.21. The van der Waals surface area contributed by atoms with E-state index in [1.54, 1.807) is 0 Å². The van der Waals surface area contributed by atoms with E-state index in [0.717, 1.165) is 28.5 Å². The molecule has 0 unspecified atom stereocenters. The molecule has 0 radical (unpaired) electrons. The molecule has 0 amide bonds. The third-order valence-electron chi connectivity index (χ3n) is 2.91. The molecule has 0 N–H and O–H groups in total. The molecule has 1 aromatic heterocycles. The van der Waals surface area contributed by atoms with Gasteiger partial charge in [0.1, 0.15) is 0 Å². The van der Waals surface area contributed by atoms with Gasteiger partial charge in [0.2, 0.25) is 0 Å². The maximum atomic E-state index is 4.65. The number of hydrogen-bond acceptors (Lipinski definition) is 2. The van der Waals surface area contributed by atoms with Gasteiger partial charge in [0, 0.05) is 0 Å². The van der Waals surface area contributed by atoms with Crippen LogP contribution in [0.1, 0.15) is 18.9 Å². The van der Waals surface area contributed by atoms with Gasteiger partial charge in [-0.25, -0.2) is 9.97 Å². The summed E-state index contributed by atoms with van der Waals surface area (Å²) in [5.74, 6) is 0. The molecule has 0 bridgehead atoms. The zero-order valence-electron chi connectivity index (χ0n) is 10.3. The zero-order valence-corrected chi connectivity index (χ0v) is 10.3. The smallest absolute Gasteiger partial charge is 0.0900 e. The predicted molar refractivity (Wildman–Crippen MR) is 76.4 cm³/mol. The highest BCUT2D eigenvalue weighted by Crippen LogP contribution is 2.17. The topological polar surface area (TPSA) is 25.8 Å². The van der Waals surface area contributed by atoms with E-state index in [2.05, 4.69) is 41.2 Å². The normalized spacial score (nSPS) is 11.6. The van der Waals surface area contributed by atoms with Crippen LogP contribution in [-0.4, -0.2) is 9.97 Å². The van der Waals surface area contributed by atoms with Gasteiger partial charge in [0.25, 0.3) is 0 Å². The van der Waals surface area contributed by atoms with Gasteiger partial charge in [-0.15, -0.1) is 0 Å². The Bertz CT molecular complexity index is 729. The van der Waals surface area contributed by atoms with Gasteiger partial charge in [0.05, 0.1) is 22.1 Å². The number of hydrogen-bond donors (Lipinski definition) is 0. The van der Waals surface area contributed by atoms with Gasteiger partial charge in [-0.1, -0.05) is 37.3 Å². The van der Waals surface area contributed by atoms with E-state index in [0.29, 0.717) is 0 Å². The van der Waals surface area contributed by atoms with Gasteiger partial charge in [-0.3, -0.25) is 0 Å². The van der Waals surface area contributed by atoms with E-state index in [9.17, 15) is 0 Å². The molecule has 0 spiro atoms. The average molecular weight is 234 g/mol. The Morgan fingerprint density at radius 3 is 2.28 bits per heavy atom. The van der Waals surface area contributed by atoms with Gasteiger partial charge in [-0.05, 0) is 36.2 Å². The van der Waals surface area contributed by atoms with E-state index >= 15 is 0 Å². The summed E-state index contributed by atoms with van der Waals surface area (Å²) < 4.78 is 0. The van der Waals surface area contributed by atoms with Crippen LogP contribution in [0.15, 0.2) is 48.5 Å². The lowest BCUT2D eigenvalue weighted by molar-refractivity contribution is 1.23. The summed E-state index contributed by atoms with van der Waals surface area (Å²) in [6.07, 6.45) is 5.31. The Hall–Kier alpha value is -2.22. The lowest BCUT2D eigenvalue weighted by Crippen LogP contribution is -1.87. The van der Waals surface area contributed by atoms with Crippen molar-refractivity contribution in [2.45, 2.75) is 13.3 Å². The largest absolute Gasteiger partial charge is 0.245 e. The van der Waals surface area contributed by atoms with E-state index in [1.165, 1.54) is 5.56 Å². The van der Waals surface area contributed by atoms with Crippen LogP contribution in [0.5, 0.6) is 0 Å². The highest BCUT2D eigenvalue weighted by Gasteiger charge is 2.00. The molecule has 88 valence electrons. The number of aromatic nitrogens is 2. The lowest BCUT2D eigenvalue weighted by atomic mass is 10.1. The van der Waals surface area contributed by atoms with Crippen molar-refractivity contribution in [2.24, 2.45) is 0 Å². The van der Waals surface area contributed by atoms with Crippen molar-refractivity contribution in [3.05, 3.63) is 54.1 Å². The van der Waals surface area contributed by atoms with Crippen molar-refractivity contribution >= 4 is 28.1 Å². The molecule has 2 nitrogen and oxygen atoms in total. The molecule has 0 atom stereocenters. The first kappa shape index (κ1) is 10.9. The molecule has 0 saturated carbocycles. The maximum absolute atomic E-state index is 4.65. The van der Waals surface area contributed by atoms with Crippen molar-refractivity contribution in [2.75, 3.05) is 0 Å². The fourth-order valence-electron chi connectivity index (χ4n) is 1.99. The molecule has 2 heteroatoms. The van der Waals surface area contributed by atoms with E-state index < -0.39 is 0 Å². The molecule has 3 rings (SSSR count). The van der Waals surface area contributed by atoms with Crippen LogP contribution >= 0.6 is 0 Å². The second-order valence-electron chi connectivity index (χ2n) is 4.27. The third kappa shape index (κ3) is 1.97. The van der Waals surface area contributed by atoms with Gasteiger partial charge >= 0.3 is 0 Å². The lowest BCUT2D eigenvalue weighted by Gasteiger charge is -2.01. The van der Waals surface area contributed by atoms with Crippen LogP contribution in [0.4, 0.5) is 0 Å². The molecule has 0 aliphatic carbocycles. The van der Waals surface area contributed by atoms with Crippen LogP contribution in [0.25, 0.3) is 28.1 Å². The molecule has 2 aromatic carbocycles. The third-order valence-corrected chi connectivity index (χ3v) is 2.91. The first-order chi connectivity index (χ1) is 8.86. The Kier molecular flexibility index (Phi) is 2.77. The number of nitrogens with zero attached hydrogens (tertiary/aromatic N) is 2. The minimum atomic E-state index is 0.946. The molecule has 1 heterocycles. The molecule has 18 heavy (non-hydrogen) atoms. The monoisotopic (exact) mass is 234 g/mol. The zero-order chi connectivity index (χ0) is 12.4.